The van der Waals surface area contributed by atoms with Gasteiger partial charge in [-0.05, 0) is 55.6 Å². The number of methoxy groups -OCH3 is 1. The maximum absolute atomic E-state index is 10.6. The normalized spacial score (nSPS) is 16.0. The number of carboxylic acids is 3. The van der Waals surface area contributed by atoms with E-state index < -0.39 is 36.4 Å². The highest BCUT2D eigenvalue weighted by atomic mass is 32.1. The highest BCUT2D eigenvalue weighted by Crippen LogP contribution is 2.42. The van der Waals surface area contributed by atoms with Crippen molar-refractivity contribution in [2.45, 2.75) is 50.0 Å². The van der Waals surface area contributed by atoms with Crippen molar-refractivity contribution in [2.24, 2.45) is 0 Å². The maximum Gasteiger partial charge on any atom is 0.490 e. The van der Waals surface area contributed by atoms with E-state index in [2.05, 4.69) is 57.3 Å². The number of hydrogen-bond donors (Lipinski definition) is 3. The molecule has 4 heterocycles. The average molecular weight is 751 g/mol. The minimum absolute atomic E-state index is 0.0505. The van der Waals surface area contributed by atoms with Gasteiger partial charge in [0.25, 0.3) is 0 Å². The average Bonchev–Trinajstić information content (AvgIpc) is 3.70. The Morgan fingerprint density at radius 1 is 0.820 bits per heavy atom. The van der Waals surface area contributed by atoms with Gasteiger partial charge >= 0.3 is 36.4 Å². The van der Waals surface area contributed by atoms with E-state index in [1.807, 2.05) is 23.5 Å². The summed E-state index contributed by atoms with van der Waals surface area (Å²) < 4.78 is 103. The molecule has 1 aromatic carbocycles. The smallest absolute Gasteiger partial charge is 0.490 e. The minimum Gasteiger partial charge on any atom is -0.497 e. The number of imidazole rings is 1. The van der Waals surface area contributed by atoms with Gasteiger partial charge < -0.3 is 24.6 Å². The topological polar surface area (TPSA) is 145 Å². The molecule has 1 fully saturated rings. The molecule has 2 aliphatic heterocycles. The van der Waals surface area contributed by atoms with Gasteiger partial charge in [0.2, 0.25) is 0 Å². The van der Waals surface area contributed by atoms with Crippen LogP contribution in [-0.4, -0.2) is 105 Å². The van der Waals surface area contributed by atoms with E-state index in [-0.39, 0.29) is 5.54 Å². The number of carbonyl (C=O) groups is 3. The Hall–Kier alpha value is -4.37. The summed E-state index contributed by atoms with van der Waals surface area (Å²) >= 11 is 1.86. The largest absolute Gasteiger partial charge is 0.497 e. The van der Waals surface area contributed by atoms with Gasteiger partial charge in [-0.25, -0.2) is 19.4 Å². The number of aliphatic carboxylic acids is 3. The van der Waals surface area contributed by atoms with Gasteiger partial charge in [-0.2, -0.15) is 39.5 Å². The molecule has 1 spiro atoms. The van der Waals surface area contributed by atoms with Gasteiger partial charge in [0, 0.05) is 43.2 Å². The molecule has 0 bridgehead atoms. The zero-order chi connectivity index (χ0) is 38.1. The molecule has 3 N–H and O–H groups in total. The zero-order valence-corrected chi connectivity index (χ0v) is 27.0. The van der Waals surface area contributed by atoms with Crippen LogP contribution in [0.25, 0.3) is 11.3 Å². The summed E-state index contributed by atoms with van der Waals surface area (Å²) in [6.07, 6.45) is -10.9. The Balaban J connectivity index is 0.000000338. The van der Waals surface area contributed by atoms with Gasteiger partial charge in [-0.15, -0.1) is 11.3 Å². The number of thiophene rings is 1. The zero-order valence-electron chi connectivity index (χ0n) is 26.1. The Morgan fingerprint density at radius 3 is 1.70 bits per heavy atom. The fourth-order valence-corrected chi connectivity index (χ4v) is 5.66. The van der Waals surface area contributed by atoms with Crippen molar-refractivity contribution in [3.63, 3.8) is 0 Å². The molecule has 11 nitrogen and oxygen atoms in total. The summed E-state index contributed by atoms with van der Waals surface area (Å²) in [6.45, 7) is 5.37. The van der Waals surface area contributed by atoms with Crippen LogP contribution in [0.4, 0.5) is 39.5 Å². The molecule has 1 saturated heterocycles. The molecule has 21 heteroatoms. The minimum atomic E-state index is -5.08. The van der Waals surface area contributed by atoms with E-state index in [1.54, 1.807) is 7.11 Å². The molecular formula is C29H31F9N4O7S. The molecular weight excluding hydrogens is 719 g/mol. The summed E-state index contributed by atoms with van der Waals surface area (Å²) in [6, 6.07) is 12.7. The lowest BCUT2D eigenvalue weighted by Crippen LogP contribution is -2.56. The summed E-state index contributed by atoms with van der Waals surface area (Å²) in [7, 11) is 3.99. The number of fused-ring (bicyclic) bond motifs is 2. The lowest BCUT2D eigenvalue weighted by molar-refractivity contribution is -0.193. The molecule has 278 valence electrons. The number of ether oxygens (including phenoxy) is 1. The van der Waals surface area contributed by atoms with E-state index in [0.29, 0.717) is 0 Å². The van der Waals surface area contributed by atoms with Crippen LogP contribution in [0.5, 0.6) is 5.75 Å². The summed E-state index contributed by atoms with van der Waals surface area (Å²) in [4.78, 5) is 38.3. The molecule has 2 aromatic heterocycles. The van der Waals surface area contributed by atoms with E-state index in [9.17, 15) is 39.5 Å². The van der Waals surface area contributed by atoms with E-state index in [0.717, 1.165) is 51.3 Å². The Kier molecular flexibility index (Phi) is 14.2. The third-order valence-corrected chi connectivity index (χ3v) is 8.28. The van der Waals surface area contributed by atoms with Crippen molar-refractivity contribution in [1.29, 1.82) is 0 Å². The second kappa shape index (κ2) is 17.0. The van der Waals surface area contributed by atoms with Crippen LogP contribution < -0.4 is 4.74 Å². The summed E-state index contributed by atoms with van der Waals surface area (Å²) in [5.74, 6) is -6.14. The molecule has 0 atom stereocenters. The SMILES string of the molecule is COc1ccc(-c2cnc3n2CCN(C)C32CCN(Cc3cccs3)CC2)cc1.O=C(O)C(F)(F)F.O=C(O)C(F)(F)F.O=C(O)C(F)(F)F. The van der Waals surface area contributed by atoms with E-state index >= 15 is 0 Å². The number of likely N-dealkylation sites (tertiary alicyclic amines) is 1. The van der Waals surface area contributed by atoms with Crippen LogP contribution in [0.15, 0.2) is 48.0 Å². The predicted octanol–water partition coefficient (Wildman–Crippen LogP) is 5.96. The number of carboxylic acid groups (broad SMARTS) is 3. The second-order valence-electron chi connectivity index (χ2n) is 10.6. The number of aromatic nitrogens is 2. The Morgan fingerprint density at radius 2 is 1.30 bits per heavy atom. The molecule has 0 aliphatic carbocycles. The molecule has 2 aliphatic rings. The van der Waals surface area contributed by atoms with Gasteiger partial charge in [-0.1, -0.05) is 6.07 Å². The molecule has 0 radical (unpaired) electrons. The van der Waals surface area contributed by atoms with Crippen molar-refractivity contribution in [3.05, 3.63) is 58.7 Å². The molecule has 3 aromatic rings. The van der Waals surface area contributed by atoms with Gasteiger partial charge in [-0.3, -0.25) is 9.80 Å². The molecule has 5 rings (SSSR count). The van der Waals surface area contributed by atoms with Crippen LogP contribution in [0.2, 0.25) is 0 Å². The van der Waals surface area contributed by atoms with Crippen molar-refractivity contribution < 1.29 is 74.0 Å². The van der Waals surface area contributed by atoms with E-state index in [4.69, 9.17) is 39.4 Å². The van der Waals surface area contributed by atoms with Crippen molar-refractivity contribution in [1.82, 2.24) is 19.4 Å². The molecule has 50 heavy (non-hydrogen) atoms. The highest BCUT2D eigenvalue weighted by Gasteiger charge is 2.46. The number of benzene rings is 1. The van der Waals surface area contributed by atoms with Crippen LogP contribution in [0.3, 0.4) is 0 Å². The summed E-state index contributed by atoms with van der Waals surface area (Å²) in [5, 5.41) is 23.5. The number of likely N-dealkylation sites (N-methyl/N-ethyl adjacent to an activating group) is 1. The number of piperidine rings is 1. The quantitative estimate of drug-likeness (QED) is 0.274. The van der Waals surface area contributed by atoms with Gasteiger partial charge in [0.05, 0.1) is 24.5 Å². The van der Waals surface area contributed by atoms with Crippen LogP contribution in [0, 0.1) is 0 Å². The molecule has 0 unspecified atom stereocenters. The van der Waals surface area contributed by atoms with Crippen LogP contribution in [-0.2, 0) is 33.0 Å². The first-order valence-electron chi connectivity index (χ1n) is 14.1. The fraction of sp³-hybridized carbons (Fsp3) is 0.448. The number of rotatable bonds is 4. The monoisotopic (exact) mass is 750 g/mol. The first-order chi connectivity index (χ1) is 23.0. The van der Waals surface area contributed by atoms with Crippen LogP contribution in [0.1, 0.15) is 23.5 Å². The van der Waals surface area contributed by atoms with Crippen LogP contribution >= 0.6 is 11.3 Å². The molecule has 0 saturated carbocycles. The number of halogens is 9. The molecule has 0 amide bonds. The number of nitrogens with zero attached hydrogens (tertiary/aromatic N) is 4. The van der Waals surface area contributed by atoms with Crippen molar-refractivity contribution >= 4 is 29.2 Å². The van der Waals surface area contributed by atoms with Crippen molar-refractivity contribution in [2.75, 3.05) is 33.8 Å². The van der Waals surface area contributed by atoms with Crippen molar-refractivity contribution in [3.8, 4) is 17.0 Å². The van der Waals surface area contributed by atoms with Gasteiger partial charge in [0.1, 0.15) is 11.6 Å². The first kappa shape index (κ1) is 41.8. The van der Waals surface area contributed by atoms with E-state index in [1.165, 1.54) is 22.0 Å². The standard InChI is InChI=1S/C23H28N4OS.3C2HF3O2/c1-25-13-14-27-21(18-5-7-19(28-2)8-6-18)16-24-22(27)23(25)9-11-26(12-10-23)17-20-4-3-15-29-20;3*3-2(4,5)1(6)7/h3-8,15-16H,9-14,17H2,1-2H3;3*(H,6,7). The maximum atomic E-state index is 10.6. The lowest BCUT2D eigenvalue weighted by Gasteiger charge is -2.49. The predicted molar refractivity (Wildman–Crippen MR) is 158 cm³/mol. The lowest BCUT2D eigenvalue weighted by atomic mass is 9.83. The summed E-state index contributed by atoms with van der Waals surface area (Å²) in [5.41, 5.74) is 2.48. The number of hydrogen-bond acceptors (Lipinski definition) is 8. The Bertz CT molecular complexity index is 1490. The second-order valence-corrected chi connectivity index (χ2v) is 11.6. The Labute approximate surface area is 282 Å². The first-order valence-corrected chi connectivity index (χ1v) is 15.0. The van der Waals surface area contributed by atoms with Gasteiger partial charge in [0.15, 0.2) is 0 Å². The fourth-order valence-electron chi connectivity index (χ4n) is 4.91. The third-order valence-electron chi connectivity index (χ3n) is 7.42. The number of alkyl halides is 9. The third kappa shape index (κ3) is 11.6. The highest BCUT2D eigenvalue weighted by molar-refractivity contribution is 7.09.